The van der Waals surface area contributed by atoms with E-state index in [1.165, 1.54) is 283 Å². The first kappa shape index (κ1) is 68.6. The third kappa shape index (κ3) is 55.9. The van der Waals surface area contributed by atoms with Crippen molar-refractivity contribution in [3.8, 4) is 0 Å². The maximum absolute atomic E-state index is 12.4. The number of amides is 1. The van der Waals surface area contributed by atoms with Gasteiger partial charge in [-0.15, -0.1) is 0 Å². The van der Waals surface area contributed by atoms with Crippen molar-refractivity contribution in [2.24, 2.45) is 0 Å². The molecule has 0 fully saturated rings. The van der Waals surface area contributed by atoms with E-state index in [1.54, 1.807) is 0 Å². The molecule has 3 N–H and O–H groups in total. The van der Waals surface area contributed by atoms with Gasteiger partial charge in [0.05, 0.1) is 25.4 Å². The molecule has 70 heavy (non-hydrogen) atoms. The second-order valence-corrected chi connectivity index (χ2v) is 22.1. The quantitative estimate of drug-likeness (QED) is 0.0321. The molecular formula is C64H125NO5. The van der Waals surface area contributed by atoms with Gasteiger partial charge in [-0.25, -0.2) is 0 Å². The van der Waals surface area contributed by atoms with Crippen LogP contribution in [0.3, 0.4) is 0 Å². The first-order valence-electron chi connectivity index (χ1n) is 31.9. The second kappa shape index (κ2) is 60.2. The lowest BCUT2D eigenvalue weighted by atomic mass is 10.0. The number of unbranched alkanes of at least 4 members (excludes halogenated alkanes) is 47. The number of rotatable bonds is 60. The fourth-order valence-corrected chi connectivity index (χ4v) is 10.2. The van der Waals surface area contributed by atoms with Crippen LogP contribution in [0, 0.1) is 0 Å². The fraction of sp³-hybridized carbons (Fsp3) is 0.938. The summed E-state index contributed by atoms with van der Waals surface area (Å²) in [5.41, 5.74) is 0. The van der Waals surface area contributed by atoms with Gasteiger partial charge in [-0.2, -0.15) is 0 Å². The third-order valence-corrected chi connectivity index (χ3v) is 15.1. The average molecular weight is 989 g/mol. The third-order valence-electron chi connectivity index (χ3n) is 15.1. The van der Waals surface area contributed by atoms with Crippen molar-refractivity contribution in [3.05, 3.63) is 12.2 Å². The average Bonchev–Trinajstić information content (AvgIpc) is 3.36. The molecule has 0 heterocycles. The lowest BCUT2D eigenvalue weighted by molar-refractivity contribution is -0.143. The SMILES string of the molecule is CCCCCC/C=C\CCCCCCCC(=O)OCCCCCCCCCCCCCCCCCCCCCCCCCCCCCCCCCC(=O)NC(CO)C(O)CCCCCCCCCCC. The summed E-state index contributed by atoms with van der Waals surface area (Å²) in [6.07, 6.45) is 72.6. The van der Waals surface area contributed by atoms with E-state index in [2.05, 4.69) is 31.3 Å². The van der Waals surface area contributed by atoms with E-state index in [9.17, 15) is 19.8 Å². The zero-order valence-electron chi connectivity index (χ0n) is 47.5. The number of hydrogen-bond donors (Lipinski definition) is 3. The molecule has 0 aromatic heterocycles. The van der Waals surface area contributed by atoms with Crippen molar-refractivity contribution < 1.29 is 24.5 Å². The Morgan fingerprint density at radius 1 is 0.386 bits per heavy atom. The van der Waals surface area contributed by atoms with E-state index >= 15 is 0 Å². The van der Waals surface area contributed by atoms with Gasteiger partial charge < -0.3 is 20.3 Å². The van der Waals surface area contributed by atoms with Crippen molar-refractivity contribution in [1.82, 2.24) is 5.32 Å². The van der Waals surface area contributed by atoms with Crippen LogP contribution in [0.1, 0.15) is 361 Å². The van der Waals surface area contributed by atoms with E-state index < -0.39 is 12.1 Å². The molecule has 0 bridgehead atoms. The van der Waals surface area contributed by atoms with Crippen LogP contribution in [0.5, 0.6) is 0 Å². The topological polar surface area (TPSA) is 95.9 Å². The van der Waals surface area contributed by atoms with Crippen molar-refractivity contribution in [3.63, 3.8) is 0 Å². The zero-order valence-corrected chi connectivity index (χ0v) is 47.5. The second-order valence-electron chi connectivity index (χ2n) is 22.1. The summed E-state index contributed by atoms with van der Waals surface area (Å²) in [4.78, 5) is 24.4. The Hall–Kier alpha value is -1.40. The maximum atomic E-state index is 12.4. The number of nitrogens with one attached hydrogen (secondary N) is 1. The molecule has 0 aromatic carbocycles. The van der Waals surface area contributed by atoms with Crippen LogP contribution in [0.25, 0.3) is 0 Å². The summed E-state index contributed by atoms with van der Waals surface area (Å²) in [5.74, 6) is -0.0198. The highest BCUT2D eigenvalue weighted by atomic mass is 16.5. The summed E-state index contributed by atoms with van der Waals surface area (Å²) >= 11 is 0. The van der Waals surface area contributed by atoms with E-state index in [0.717, 1.165) is 44.9 Å². The zero-order chi connectivity index (χ0) is 50.7. The van der Waals surface area contributed by atoms with Crippen molar-refractivity contribution in [2.75, 3.05) is 13.2 Å². The molecule has 6 nitrogen and oxygen atoms in total. The van der Waals surface area contributed by atoms with E-state index in [0.29, 0.717) is 25.9 Å². The van der Waals surface area contributed by atoms with Gasteiger partial charge in [0, 0.05) is 12.8 Å². The number of aliphatic hydroxyl groups excluding tert-OH is 2. The van der Waals surface area contributed by atoms with Crippen LogP contribution in [-0.2, 0) is 14.3 Å². The Labute approximate surface area is 438 Å². The van der Waals surface area contributed by atoms with Crippen LogP contribution in [0.4, 0.5) is 0 Å². The van der Waals surface area contributed by atoms with Crippen LogP contribution in [-0.4, -0.2) is 47.4 Å². The van der Waals surface area contributed by atoms with Crippen LogP contribution < -0.4 is 5.32 Å². The Morgan fingerprint density at radius 2 is 0.671 bits per heavy atom. The van der Waals surface area contributed by atoms with Crippen molar-refractivity contribution >= 4 is 11.9 Å². The lowest BCUT2D eigenvalue weighted by Gasteiger charge is -2.22. The van der Waals surface area contributed by atoms with E-state index in [-0.39, 0.29) is 18.5 Å². The van der Waals surface area contributed by atoms with Gasteiger partial charge in [0.25, 0.3) is 0 Å². The predicted octanol–water partition coefficient (Wildman–Crippen LogP) is 20.0. The van der Waals surface area contributed by atoms with Crippen molar-refractivity contribution in [2.45, 2.75) is 373 Å². The van der Waals surface area contributed by atoms with E-state index in [1.807, 2.05) is 0 Å². The Bertz CT molecular complexity index is 1050. The Balaban J connectivity index is 3.29. The molecule has 416 valence electrons. The van der Waals surface area contributed by atoms with Gasteiger partial charge >= 0.3 is 5.97 Å². The smallest absolute Gasteiger partial charge is 0.305 e. The monoisotopic (exact) mass is 988 g/mol. The minimum atomic E-state index is -0.658. The van der Waals surface area contributed by atoms with Gasteiger partial charge in [0.2, 0.25) is 5.91 Å². The molecule has 2 atom stereocenters. The number of esters is 1. The minimum Gasteiger partial charge on any atom is -0.466 e. The summed E-state index contributed by atoms with van der Waals surface area (Å²) in [5, 5.41) is 23.1. The highest BCUT2D eigenvalue weighted by Gasteiger charge is 2.20. The molecule has 1 amide bonds. The molecule has 0 radical (unpaired) electrons. The first-order chi connectivity index (χ1) is 34.5. The van der Waals surface area contributed by atoms with Gasteiger partial charge in [-0.3, -0.25) is 9.59 Å². The minimum absolute atomic E-state index is 0.0118. The molecule has 0 aliphatic carbocycles. The summed E-state index contributed by atoms with van der Waals surface area (Å²) < 4.78 is 5.48. The number of carbonyl (C=O) groups excluding carboxylic acids is 2. The summed E-state index contributed by atoms with van der Waals surface area (Å²) in [6.45, 7) is 4.94. The molecule has 2 unspecified atom stereocenters. The highest BCUT2D eigenvalue weighted by molar-refractivity contribution is 5.76. The Morgan fingerprint density at radius 3 is 1.03 bits per heavy atom. The molecule has 0 rings (SSSR count). The molecule has 0 aliphatic rings. The fourth-order valence-electron chi connectivity index (χ4n) is 10.2. The van der Waals surface area contributed by atoms with E-state index in [4.69, 9.17) is 4.74 Å². The summed E-state index contributed by atoms with van der Waals surface area (Å²) in [7, 11) is 0. The molecule has 0 spiro atoms. The standard InChI is InChI=1S/C64H125NO5/c1-3-5-7-9-11-13-14-34-38-42-46-50-54-58-64(69)70-59-55-51-47-43-39-36-33-31-29-27-25-23-21-19-17-15-16-18-20-22-24-26-28-30-32-35-37-41-45-49-53-57-63(68)65-61(60-66)62(67)56-52-48-44-40-12-10-8-6-4-2/h13-14,61-62,66-67H,3-12,15-60H2,1-2H3,(H,65,68)/b14-13-. The number of hydrogen-bond acceptors (Lipinski definition) is 5. The van der Waals surface area contributed by atoms with Crippen LogP contribution >= 0.6 is 0 Å². The largest absolute Gasteiger partial charge is 0.466 e. The first-order valence-corrected chi connectivity index (χ1v) is 31.9. The van der Waals surface area contributed by atoms with Crippen molar-refractivity contribution in [1.29, 1.82) is 0 Å². The number of aliphatic hydroxyl groups is 2. The molecular weight excluding hydrogens is 863 g/mol. The molecule has 0 aromatic rings. The van der Waals surface area contributed by atoms with Crippen LogP contribution in [0.15, 0.2) is 12.2 Å². The molecule has 0 saturated heterocycles. The molecule has 0 aliphatic heterocycles. The van der Waals surface area contributed by atoms with Gasteiger partial charge in [0.15, 0.2) is 0 Å². The predicted molar refractivity (Wildman–Crippen MR) is 306 cm³/mol. The number of allylic oxidation sites excluding steroid dienone is 2. The number of ether oxygens (including phenoxy) is 1. The normalized spacial score (nSPS) is 12.6. The summed E-state index contributed by atoms with van der Waals surface area (Å²) in [6, 6.07) is -0.535. The lowest BCUT2D eigenvalue weighted by Crippen LogP contribution is -2.45. The maximum Gasteiger partial charge on any atom is 0.305 e. The molecule has 0 saturated carbocycles. The van der Waals surface area contributed by atoms with Crippen LogP contribution in [0.2, 0.25) is 0 Å². The van der Waals surface area contributed by atoms with Gasteiger partial charge in [-0.1, -0.05) is 309 Å². The van der Waals surface area contributed by atoms with Gasteiger partial charge in [0.1, 0.15) is 0 Å². The highest BCUT2D eigenvalue weighted by Crippen LogP contribution is 2.18. The number of carbonyl (C=O) groups is 2. The van der Waals surface area contributed by atoms with Gasteiger partial charge in [-0.05, 0) is 51.4 Å². The molecule has 6 heteroatoms. The Kier molecular flexibility index (Phi) is 59.0.